The van der Waals surface area contributed by atoms with Crippen molar-refractivity contribution < 1.29 is 50.7 Å². The monoisotopic (exact) mass is 527 g/mol. The van der Waals surface area contributed by atoms with Crippen LogP contribution in [0, 0.1) is 0 Å². The molecule has 0 bridgehead atoms. The van der Waals surface area contributed by atoms with E-state index < -0.39 is 55.9 Å². The molecule has 34 heavy (non-hydrogen) atoms. The lowest BCUT2D eigenvalue weighted by Gasteiger charge is -2.32. The molecule has 0 saturated carbocycles. The van der Waals surface area contributed by atoms with Crippen LogP contribution in [-0.4, -0.2) is 133 Å². The Balaban J connectivity index is 2.86. The molecule has 1 aromatic rings. The number of aliphatic hydroxyl groups excluding tert-OH is 9. The lowest BCUT2D eigenvalue weighted by Crippen LogP contribution is -2.52. The van der Waals surface area contributed by atoms with Crippen molar-refractivity contribution >= 4 is 25.3 Å². The Morgan fingerprint density at radius 1 is 0.706 bits per heavy atom. The van der Waals surface area contributed by atoms with Gasteiger partial charge in [0.15, 0.2) is 0 Å². The molecule has 0 aromatic heterocycles. The molecule has 1 rings (SSSR count). The Labute approximate surface area is 209 Å². The minimum atomic E-state index is -1.82. The maximum atomic E-state index is 10.3. The first kappa shape index (κ1) is 31.4. The fourth-order valence-corrected chi connectivity index (χ4v) is 3.82. The van der Waals surface area contributed by atoms with Crippen LogP contribution >= 0.6 is 25.3 Å². The van der Waals surface area contributed by atoms with Crippen molar-refractivity contribution in [2.24, 2.45) is 0 Å². The number of ether oxygens (including phenoxy) is 1. The van der Waals surface area contributed by atoms with Crippen LogP contribution in [0.25, 0.3) is 0 Å². The van der Waals surface area contributed by atoms with Gasteiger partial charge in [-0.25, -0.2) is 0 Å². The van der Waals surface area contributed by atoms with Crippen LogP contribution < -0.4 is 4.74 Å². The van der Waals surface area contributed by atoms with Crippen LogP contribution in [0.15, 0.2) is 18.2 Å². The average molecular weight is 528 g/mol. The molecule has 0 aliphatic heterocycles. The quantitative estimate of drug-likeness (QED) is 0.0911. The van der Waals surface area contributed by atoms with Gasteiger partial charge in [-0.3, -0.25) is 4.90 Å². The normalized spacial score (nSPS) is 18.2. The van der Waals surface area contributed by atoms with Crippen molar-refractivity contribution in [3.63, 3.8) is 0 Å². The number of hydrogen-bond donors (Lipinski definition) is 11. The molecule has 0 amide bonds. The summed E-state index contributed by atoms with van der Waals surface area (Å²) in [4.78, 5) is 1.41. The highest BCUT2D eigenvalue weighted by Crippen LogP contribution is 2.21. The summed E-state index contributed by atoms with van der Waals surface area (Å²) < 4.78 is 5.73. The first-order chi connectivity index (χ1) is 16.1. The van der Waals surface area contributed by atoms with Gasteiger partial charge in [0.2, 0.25) is 0 Å². The summed E-state index contributed by atoms with van der Waals surface area (Å²) in [5.41, 5.74) is 1.95. The van der Waals surface area contributed by atoms with Gasteiger partial charge in [-0.15, -0.1) is 0 Å². The van der Waals surface area contributed by atoms with E-state index >= 15 is 0 Å². The number of nitrogens with zero attached hydrogens (tertiary/aromatic N) is 1. The molecule has 1 aromatic carbocycles. The van der Waals surface area contributed by atoms with Crippen LogP contribution in [0.5, 0.6) is 5.75 Å². The summed E-state index contributed by atoms with van der Waals surface area (Å²) in [6.45, 7) is -2.05. The maximum absolute atomic E-state index is 10.3. The third kappa shape index (κ3) is 9.76. The van der Waals surface area contributed by atoms with E-state index in [0.717, 1.165) is 11.1 Å². The van der Waals surface area contributed by atoms with E-state index in [-0.39, 0.29) is 26.2 Å². The SMILES string of the molecule is OC[C@@H](O)[C@@H](O)[C@H](O)[C@@H](O)CN(CCOc1ccc(CS)c(CS)c1)C[C@H](O)[C@@H](O)[C@H](O)CO. The molecule has 0 unspecified atom stereocenters. The largest absolute Gasteiger partial charge is 0.492 e. The summed E-state index contributed by atoms with van der Waals surface area (Å²) in [7, 11) is 0. The summed E-state index contributed by atoms with van der Waals surface area (Å²) in [6.07, 6.45) is -11.7. The molecule has 0 aliphatic rings. The Bertz CT molecular complexity index is 704. The van der Waals surface area contributed by atoms with Gasteiger partial charge in [-0.05, 0) is 23.3 Å². The van der Waals surface area contributed by atoms with Crippen molar-refractivity contribution in [1.29, 1.82) is 0 Å². The highest BCUT2D eigenvalue weighted by molar-refractivity contribution is 7.79. The average Bonchev–Trinajstić information content (AvgIpc) is 2.85. The second-order valence-corrected chi connectivity index (χ2v) is 8.59. The molecule has 198 valence electrons. The van der Waals surface area contributed by atoms with E-state index in [4.69, 9.17) is 14.9 Å². The zero-order chi connectivity index (χ0) is 25.8. The van der Waals surface area contributed by atoms with E-state index in [9.17, 15) is 35.7 Å². The Morgan fingerprint density at radius 2 is 1.21 bits per heavy atom. The Hall–Kier alpha value is -0.680. The highest BCUT2D eigenvalue weighted by atomic mass is 32.1. The van der Waals surface area contributed by atoms with Crippen molar-refractivity contribution in [2.45, 2.75) is 54.2 Å². The molecule has 0 spiro atoms. The standard InChI is InChI=1S/C21H37NO10S2/c23-8-17(27)19(29)15(25)6-22(7-16(26)20(30)21(31)18(28)9-24)3-4-32-14-2-1-12(10-33)13(5-14)11-34/h1-2,5,15-21,23-31,33-34H,3-4,6-11H2/t15-,16-,17+,18+,19+,20+,21+/m0/s1. The van der Waals surface area contributed by atoms with Crippen LogP contribution in [0.3, 0.4) is 0 Å². The van der Waals surface area contributed by atoms with Crippen molar-refractivity contribution in [3.8, 4) is 5.75 Å². The molecule has 0 fully saturated rings. The molecule has 0 radical (unpaired) electrons. The lowest BCUT2D eigenvalue weighted by molar-refractivity contribution is -0.124. The van der Waals surface area contributed by atoms with Crippen molar-refractivity contribution in [2.75, 3.05) is 39.5 Å². The second-order valence-electron chi connectivity index (χ2n) is 7.96. The fraction of sp³-hybridized carbons (Fsp3) is 0.714. The summed E-state index contributed by atoms with van der Waals surface area (Å²) in [6, 6.07) is 5.42. The number of hydrogen-bond acceptors (Lipinski definition) is 13. The number of rotatable bonds is 17. The minimum absolute atomic E-state index is 0.0717. The maximum Gasteiger partial charge on any atom is 0.119 e. The van der Waals surface area contributed by atoms with Gasteiger partial charge < -0.3 is 50.7 Å². The minimum Gasteiger partial charge on any atom is -0.492 e. The van der Waals surface area contributed by atoms with Crippen molar-refractivity contribution in [3.05, 3.63) is 29.3 Å². The van der Waals surface area contributed by atoms with Gasteiger partial charge in [0.05, 0.1) is 25.4 Å². The fourth-order valence-electron chi connectivity index (χ4n) is 3.22. The molecule has 13 heteroatoms. The molecule has 0 heterocycles. The van der Waals surface area contributed by atoms with Crippen LogP contribution in [-0.2, 0) is 11.5 Å². The first-order valence-electron chi connectivity index (χ1n) is 10.8. The van der Waals surface area contributed by atoms with Gasteiger partial charge in [0.1, 0.15) is 42.9 Å². The molecule has 11 nitrogen and oxygen atoms in total. The molecule has 7 atom stereocenters. The highest BCUT2D eigenvalue weighted by Gasteiger charge is 2.32. The van der Waals surface area contributed by atoms with E-state index in [2.05, 4.69) is 25.3 Å². The van der Waals surface area contributed by atoms with Gasteiger partial charge in [-0.2, -0.15) is 25.3 Å². The van der Waals surface area contributed by atoms with Gasteiger partial charge in [0, 0.05) is 31.1 Å². The summed E-state index contributed by atoms with van der Waals surface area (Å²) >= 11 is 8.55. The lowest BCUT2D eigenvalue weighted by atomic mass is 10.0. The predicted molar refractivity (Wildman–Crippen MR) is 130 cm³/mol. The molecular formula is C21H37NO10S2. The second kappa shape index (κ2) is 16.1. The van der Waals surface area contributed by atoms with Gasteiger partial charge >= 0.3 is 0 Å². The Kier molecular flexibility index (Phi) is 14.9. The van der Waals surface area contributed by atoms with Crippen LogP contribution in [0.4, 0.5) is 0 Å². The van der Waals surface area contributed by atoms with E-state index in [1.807, 2.05) is 12.1 Å². The Morgan fingerprint density at radius 3 is 1.74 bits per heavy atom. The number of aliphatic hydroxyl groups is 9. The summed E-state index contributed by atoms with van der Waals surface area (Å²) in [5, 5.41) is 87.4. The van der Waals surface area contributed by atoms with Crippen LogP contribution in [0.1, 0.15) is 11.1 Å². The smallest absolute Gasteiger partial charge is 0.119 e. The topological polar surface area (TPSA) is 195 Å². The third-order valence-electron chi connectivity index (χ3n) is 5.39. The van der Waals surface area contributed by atoms with Crippen LogP contribution in [0.2, 0.25) is 0 Å². The molecule has 0 aliphatic carbocycles. The molecular weight excluding hydrogens is 490 g/mol. The first-order valence-corrected chi connectivity index (χ1v) is 12.0. The number of benzene rings is 1. The van der Waals surface area contributed by atoms with E-state index in [1.165, 1.54) is 4.90 Å². The van der Waals surface area contributed by atoms with E-state index in [0.29, 0.717) is 17.3 Å². The molecule has 0 saturated heterocycles. The zero-order valence-corrected chi connectivity index (χ0v) is 20.5. The predicted octanol–water partition coefficient (Wildman–Crippen LogP) is -3.26. The number of thiol groups is 2. The third-order valence-corrected chi connectivity index (χ3v) is 6.07. The van der Waals surface area contributed by atoms with Gasteiger partial charge in [-0.1, -0.05) is 6.07 Å². The van der Waals surface area contributed by atoms with Crippen molar-refractivity contribution in [1.82, 2.24) is 4.90 Å². The summed E-state index contributed by atoms with van der Waals surface area (Å²) in [5.74, 6) is 1.58. The van der Waals surface area contributed by atoms with E-state index in [1.54, 1.807) is 6.07 Å². The molecule has 9 N–H and O–H groups in total. The zero-order valence-electron chi connectivity index (χ0n) is 18.7. The van der Waals surface area contributed by atoms with Gasteiger partial charge in [0.25, 0.3) is 0 Å².